The number of halogens is 3. The molecule has 9 heteroatoms. The number of thioether (sulfide) groups is 1. The van der Waals surface area contributed by atoms with Gasteiger partial charge in [-0.05, 0) is 18.4 Å². The maximum atomic E-state index is 12.8. The highest BCUT2D eigenvalue weighted by Gasteiger charge is 2.37. The van der Waals surface area contributed by atoms with E-state index in [0.29, 0.717) is 17.3 Å². The number of piperidine rings is 1. The van der Waals surface area contributed by atoms with E-state index in [0.717, 1.165) is 31.6 Å². The zero-order valence-electron chi connectivity index (χ0n) is 15.9. The number of nitrogens with two attached hydrogens (primary N) is 1. The first-order valence-electron chi connectivity index (χ1n) is 9.73. The molecule has 1 unspecified atom stereocenters. The minimum Gasteiger partial charge on any atom is -0.365 e. The minimum atomic E-state index is -4.17. The van der Waals surface area contributed by atoms with E-state index < -0.39 is 17.8 Å². The summed E-state index contributed by atoms with van der Waals surface area (Å²) < 4.78 is 38.3. The summed E-state index contributed by atoms with van der Waals surface area (Å²) in [5, 5.41) is 3.51. The van der Waals surface area contributed by atoms with Gasteiger partial charge in [-0.15, -0.1) is 11.8 Å². The Bertz CT molecular complexity index is 833. The quantitative estimate of drug-likeness (QED) is 0.718. The van der Waals surface area contributed by atoms with E-state index in [1.165, 1.54) is 23.7 Å². The molecule has 0 radical (unpaired) electrons. The number of fused-ring (bicyclic) bond motifs is 1. The lowest BCUT2D eigenvalue weighted by molar-refractivity contribution is -0.134. The summed E-state index contributed by atoms with van der Waals surface area (Å²) in [6.45, 7) is 2.52. The van der Waals surface area contributed by atoms with Crippen molar-refractivity contribution in [3.63, 3.8) is 0 Å². The Kier molecular flexibility index (Phi) is 5.98. The van der Waals surface area contributed by atoms with Crippen LogP contribution in [0.2, 0.25) is 0 Å². The number of nitrogens with zero attached hydrogens (tertiary/aromatic N) is 3. The molecule has 0 amide bonds. The van der Waals surface area contributed by atoms with Crippen molar-refractivity contribution in [1.82, 2.24) is 14.9 Å². The van der Waals surface area contributed by atoms with Crippen molar-refractivity contribution in [3.05, 3.63) is 47.8 Å². The number of likely N-dealkylation sites (tertiary alicyclic amines) is 1. The molecule has 1 saturated heterocycles. The number of anilines is 1. The van der Waals surface area contributed by atoms with Gasteiger partial charge < -0.3 is 11.1 Å². The molecule has 3 atom stereocenters. The van der Waals surface area contributed by atoms with Crippen molar-refractivity contribution >= 4 is 17.6 Å². The SMILES string of the molecule is N[C@H]1CN(Cc2ccccc2)CC[C@@H]1Nc1ncnc2c1CC(CC(F)(F)F)S2. The third-order valence-corrected chi connectivity index (χ3v) is 6.63. The average Bonchev–Trinajstić information content (AvgIpc) is 3.06. The fourth-order valence-corrected chi connectivity index (χ4v) is 5.27. The third kappa shape index (κ3) is 5.21. The van der Waals surface area contributed by atoms with Gasteiger partial charge >= 0.3 is 6.18 Å². The molecule has 29 heavy (non-hydrogen) atoms. The maximum Gasteiger partial charge on any atom is 0.390 e. The second kappa shape index (κ2) is 8.49. The van der Waals surface area contributed by atoms with Crippen LogP contribution in [0.5, 0.6) is 0 Å². The fourth-order valence-electron chi connectivity index (χ4n) is 4.00. The van der Waals surface area contributed by atoms with Crippen LogP contribution in [0, 0.1) is 0 Å². The van der Waals surface area contributed by atoms with Crippen LogP contribution < -0.4 is 11.1 Å². The fraction of sp³-hybridized carbons (Fsp3) is 0.500. The van der Waals surface area contributed by atoms with Crippen molar-refractivity contribution < 1.29 is 13.2 Å². The Morgan fingerprint density at radius 2 is 2.00 bits per heavy atom. The zero-order chi connectivity index (χ0) is 20.4. The van der Waals surface area contributed by atoms with E-state index in [9.17, 15) is 13.2 Å². The lowest BCUT2D eigenvalue weighted by Gasteiger charge is -2.37. The lowest BCUT2D eigenvalue weighted by atomic mass is 9.99. The van der Waals surface area contributed by atoms with Gasteiger partial charge in [-0.3, -0.25) is 4.90 Å². The molecular weight excluding hydrogens is 399 g/mol. The van der Waals surface area contributed by atoms with Crippen LogP contribution >= 0.6 is 11.8 Å². The Labute approximate surface area is 172 Å². The van der Waals surface area contributed by atoms with Gasteiger partial charge in [-0.25, -0.2) is 9.97 Å². The van der Waals surface area contributed by atoms with Crippen LogP contribution in [0.1, 0.15) is 24.0 Å². The molecule has 0 saturated carbocycles. The number of benzene rings is 1. The number of aromatic nitrogens is 2. The van der Waals surface area contributed by atoms with Crippen molar-refractivity contribution in [3.8, 4) is 0 Å². The second-order valence-electron chi connectivity index (χ2n) is 7.69. The molecule has 0 bridgehead atoms. The van der Waals surface area contributed by atoms with Crippen LogP contribution in [-0.2, 0) is 13.0 Å². The van der Waals surface area contributed by atoms with Crippen LogP contribution in [0.3, 0.4) is 0 Å². The van der Waals surface area contributed by atoms with Crippen molar-refractivity contribution in [1.29, 1.82) is 0 Å². The number of rotatable bonds is 5. The van der Waals surface area contributed by atoms with Crippen molar-refractivity contribution in [2.75, 3.05) is 18.4 Å². The first-order chi connectivity index (χ1) is 13.9. The van der Waals surface area contributed by atoms with E-state index in [2.05, 4.69) is 32.3 Å². The molecule has 0 spiro atoms. The van der Waals surface area contributed by atoms with E-state index >= 15 is 0 Å². The number of alkyl halides is 3. The van der Waals surface area contributed by atoms with Crippen molar-refractivity contribution in [2.24, 2.45) is 5.73 Å². The summed E-state index contributed by atoms with van der Waals surface area (Å²) in [4.78, 5) is 10.8. The summed E-state index contributed by atoms with van der Waals surface area (Å²) in [5.41, 5.74) is 8.47. The highest BCUT2D eigenvalue weighted by molar-refractivity contribution is 8.00. The van der Waals surface area contributed by atoms with Gasteiger partial charge in [0.05, 0.1) is 6.42 Å². The molecule has 5 nitrogen and oxygen atoms in total. The molecule has 4 rings (SSSR count). The molecule has 156 valence electrons. The molecule has 3 heterocycles. The second-order valence-corrected chi connectivity index (χ2v) is 8.98. The van der Waals surface area contributed by atoms with E-state index in [1.807, 2.05) is 18.2 Å². The molecule has 1 aromatic heterocycles. The number of nitrogens with one attached hydrogen (secondary N) is 1. The van der Waals surface area contributed by atoms with Crippen LogP contribution in [-0.4, -0.2) is 51.5 Å². The summed E-state index contributed by atoms with van der Waals surface area (Å²) in [7, 11) is 0. The molecule has 2 aromatic rings. The number of hydrogen-bond donors (Lipinski definition) is 2. The predicted octanol–water partition coefficient (Wildman–Crippen LogP) is 3.46. The number of hydrogen-bond acceptors (Lipinski definition) is 6. The average molecular weight is 424 g/mol. The van der Waals surface area contributed by atoms with Gasteiger partial charge in [0.15, 0.2) is 0 Å². The molecular formula is C20H24F3N5S. The lowest BCUT2D eigenvalue weighted by Crippen LogP contribution is -2.54. The Hall–Kier alpha value is -1.84. The molecule has 2 aliphatic rings. The van der Waals surface area contributed by atoms with Gasteiger partial charge in [0.25, 0.3) is 0 Å². The zero-order valence-corrected chi connectivity index (χ0v) is 16.7. The van der Waals surface area contributed by atoms with Gasteiger partial charge in [0, 0.05) is 42.5 Å². The molecule has 1 aromatic carbocycles. The summed E-state index contributed by atoms with van der Waals surface area (Å²) in [5.74, 6) is 0.629. The van der Waals surface area contributed by atoms with Gasteiger partial charge in [-0.2, -0.15) is 13.2 Å². The Balaban J connectivity index is 1.37. The Morgan fingerprint density at radius 3 is 2.72 bits per heavy atom. The van der Waals surface area contributed by atoms with E-state index in [-0.39, 0.29) is 12.1 Å². The highest BCUT2D eigenvalue weighted by Crippen LogP contribution is 2.42. The molecule has 3 N–H and O–H groups in total. The van der Waals surface area contributed by atoms with Crippen LogP contribution in [0.15, 0.2) is 41.7 Å². The smallest absolute Gasteiger partial charge is 0.365 e. The van der Waals surface area contributed by atoms with Crippen LogP contribution in [0.25, 0.3) is 0 Å². The summed E-state index contributed by atoms with van der Waals surface area (Å²) in [6, 6.07) is 10.2. The monoisotopic (exact) mass is 423 g/mol. The van der Waals surface area contributed by atoms with Crippen LogP contribution in [0.4, 0.5) is 19.0 Å². The van der Waals surface area contributed by atoms with Gasteiger partial charge in [0.2, 0.25) is 0 Å². The maximum absolute atomic E-state index is 12.8. The predicted molar refractivity (Wildman–Crippen MR) is 108 cm³/mol. The first-order valence-corrected chi connectivity index (χ1v) is 10.6. The topological polar surface area (TPSA) is 67.1 Å². The molecule has 0 aliphatic carbocycles. The summed E-state index contributed by atoms with van der Waals surface area (Å²) >= 11 is 1.19. The first kappa shape index (κ1) is 20.4. The molecule has 1 fully saturated rings. The molecule has 2 aliphatic heterocycles. The van der Waals surface area contributed by atoms with Crippen molar-refractivity contribution in [2.45, 2.75) is 54.3 Å². The van der Waals surface area contributed by atoms with Gasteiger partial charge in [-0.1, -0.05) is 30.3 Å². The van der Waals surface area contributed by atoms with E-state index in [1.54, 1.807) is 0 Å². The van der Waals surface area contributed by atoms with Gasteiger partial charge in [0.1, 0.15) is 17.2 Å². The third-order valence-electron chi connectivity index (χ3n) is 5.39. The minimum absolute atomic E-state index is 0.0349. The largest absolute Gasteiger partial charge is 0.390 e. The standard InChI is InChI=1S/C20H24F3N5S/c21-20(22,23)9-14-8-15-18(25-12-26-19(15)29-14)27-17-6-7-28(11-16(17)24)10-13-4-2-1-3-5-13/h1-5,12,14,16-17H,6-11,24H2,(H,25,26,27)/t14?,16-,17-/m0/s1. The highest BCUT2D eigenvalue weighted by atomic mass is 32.2. The Morgan fingerprint density at radius 1 is 1.21 bits per heavy atom. The summed E-state index contributed by atoms with van der Waals surface area (Å²) in [6.07, 6.45) is -2.39. The van der Waals surface area contributed by atoms with E-state index in [4.69, 9.17) is 5.73 Å². The normalized spacial score (nSPS) is 25.0.